The van der Waals surface area contributed by atoms with Crippen molar-refractivity contribution in [3.05, 3.63) is 17.8 Å². The van der Waals surface area contributed by atoms with E-state index >= 15 is 0 Å². The first-order valence-electron chi connectivity index (χ1n) is 4.79. The van der Waals surface area contributed by atoms with Crippen molar-refractivity contribution in [3.8, 4) is 0 Å². The Morgan fingerprint density at radius 2 is 2.20 bits per heavy atom. The molecule has 5 heteroatoms. The maximum Gasteiger partial charge on any atom is 0.148 e. The highest BCUT2D eigenvalue weighted by Crippen LogP contribution is 2.11. The number of hydrogen-bond acceptors (Lipinski definition) is 5. The van der Waals surface area contributed by atoms with Crippen LogP contribution in [0, 0.1) is 6.92 Å². The van der Waals surface area contributed by atoms with Gasteiger partial charge in [-0.2, -0.15) is 16.9 Å². The molecule has 4 nitrogen and oxygen atoms in total. The van der Waals surface area contributed by atoms with Crippen LogP contribution < -0.4 is 5.32 Å². The standard InChI is InChI=1S/C10H17N3OS/c1-8-4-5-9(13-12-8)11-6-10(2,14)7-15-3/h4-5,14H,6-7H2,1-3H3,(H,11,13). The summed E-state index contributed by atoms with van der Waals surface area (Å²) in [6.07, 6.45) is 1.97. The molecule has 0 spiro atoms. The lowest BCUT2D eigenvalue weighted by molar-refractivity contribution is 0.0996. The second kappa shape index (κ2) is 5.32. The van der Waals surface area contributed by atoms with Crippen LogP contribution in [0.25, 0.3) is 0 Å². The highest BCUT2D eigenvalue weighted by molar-refractivity contribution is 7.98. The minimum Gasteiger partial charge on any atom is -0.387 e. The van der Waals surface area contributed by atoms with Crippen molar-refractivity contribution < 1.29 is 5.11 Å². The van der Waals surface area contributed by atoms with E-state index in [1.807, 2.05) is 25.3 Å². The first-order chi connectivity index (χ1) is 7.03. The van der Waals surface area contributed by atoms with E-state index in [-0.39, 0.29) is 0 Å². The summed E-state index contributed by atoms with van der Waals surface area (Å²) in [5.74, 6) is 1.39. The van der Waals surface area contributed by atoms with E-state index in [0.717, 1.165) is 5.69 Å². The van der Waals surface area contributed by atoms with Crippen LogP contribution in [0.5, 0.6) is 0 Å². The van der Waals surface area contributed by atoms with Gasteiger partial charge in [-0.25, -0.2) is 0 Å². The lowest BCUT2D eigenvalue weighted by Crippen LogP contribution is -2.36. The number of aromatic nitrogens is 2. The van der Waals surface area contributed by atoms with Gasteiger partial charge >= 0.3 is 0 Å². The molecule has 0 saturated heterocycles. The van der Waals surface area contributed by atoms with Crippen LogP contribution in [-0.2, 0) is 0 Å². The first-order valence-corrected chi connectivity index (χ1v) is 6.18. The van der Waals surface area contributed by atoms with Crippen molar-refractivity contribution >= 4 is 17.6 Å². The summed E-state index contributed by atoms with van der Waals surface area (Å²) in [5.41, 5.74) is 0.169. The van der Waals surface area contributed by atoms with Crippen molar-refractivity contribution in [2.45, 2.75) is 19.4 Å². The Hall–Kier alpha value is -0.810. The van der Waals surface area contributed by atoms with Gasteiger partial charge in [-0.15, -0.1) is 5.10 Å². The predicted molar refractivity (Wildman–Crippen MR) is 64.3 cm³/mol. The lowest BCUT2D eigenvalue weighted by atomic mass is 10.1. The van der Waals surface area contributed by atoms with Crippen LogP contribution >= 0.6 is 11.8 Å². The molecule has 1 rings (SSSR count). The van der Waals surface area contributed by atoms with Gasteiger partial charge in [-0.1, -0.05) is 0 Å². The number of thioether (sulfide) groups is 1. The van der Waals surface area contributed by atoms with Crippen molar-refractivity contribution in [1.29, 1.82) is 0 Å². The summed E-state index contributed by atoms with van der Waals surface area (Å²) in [6, 6.07) is 3.75. The number of rotatable bonds is 5. The van der Waals surface area contributed by atoms with Gasteiger partial charge in [0, 0.05) is 12.3 Å². The molecule has 1 atom stereocenters. The third-order valence-electron chi connectivity index (χ3n) is 1.90. The Labute approximate surface area is 94.5 Å². The fourth-order valence-corrected chi connectivity index (χ4v) is 1.86. The average Bonchev–Trinajstić information content (AvgIpc) is 2.17. The molecule has 0 bridgehead atoms. The van der Waals surface area contributed by atoms with Gasteiger partial charge in [0.25, 0.3) is 0 Å². The average molecular weight is 227 g/mol. The quantitative estimate of drug-likeness (QED) is 0.794. The van der Waals surface area contributed by atoms with Crippen molar-refractivity contribution in [2.24, 2.45) is 0 Å². The van der Waals surface area contributed by atoms with Crippen LogP contribution in [-0.4, -0.2) is 39.5 Å². The van der Waals surface area contributed by atoms with Gasteiger partial charge in [0.1, 0.15) is 5.82 Å². The fourth-order valence-electron chi connectivity index (χ4n) is 1.14. The molecule has 1 unspecified atom stereocenters. The van der Waals surface area contributed by atoms with E-state index in [1.54, 1.807) is 18.7 Å². The van der Waals surface area contributed by atoms with Gasteiger partial charge in [-0.3, -0.25) is 0 Å². The molecule has 15 heavy (non-hydrogen) atoms. The largest absolute Gasteiger partial charge is 0.387 e. The molecule has 0 aromatic carbocycles. The van der Waals surface area contributed by atoms with Crippen molar-refractivity contribution in [1.82, 2.24) is 10.2 Å². The molecule has 0 aliphatic heterocycles. The minimum absolute atomic E-state index is 0.478. The highest BCUT2D eigenvalue weighted by Gasteiger charge is 2.19. The molecular weight excluding hydrogens is 210 g/mol. The van der Waals surface area contributed by atoms with Crippen LogP contribution in [0.3, 0.4) is 0 Å². The van der Waals surface area contributed by atoms with Gasteiger partial charge in [-0.05, 0) is 32.2 Å². The van der Waals surface area contributed by atoms with Crippen molar-refractivity contribution in [2.75, 3.05) is 23.9 Å². The molecule has 1 aromatic heterocycles. The zero-order valence-electron chi connectivity index (χ0n) is 9.32. The second-order valence-electron chi connectivity index (χ2n) is 3.84. The molecule has 0 aliphatic carbocycles. The molecule has 0 aliphatic rings. The number of aryl methyl sites for hydroxylation is 1. The van der Waals surface area contributed by atoms with E-state index < -0.39 is 5.60 Å². The number of hydrogen-bond donors (Lipinski definition) is 2. The van der Waals surface area contributed by atoms with Crippen LogP contribution in [0.1, 0.15) is 12.6 Å². The Kier molecular flexibility index (Phi) is 4.35. The summed E-state index contributed by atoms with van der Waals surface area (Å²) in [4.78, 5) is 0. The molecular formula is C10H17N3OS. The zero-order chi connectivity index (χ0) is 11.3. The number of nitrogens with zero attached hydrogens (tertiary/aromatic N) is 2. The Bertz CT molecular complexity index is 300. The zero-order valence-corrected chi connectivity index (χ0v) is 10.1. The smallest absolute Gasteiger partial charge is 0.148 e. The Balaban J connectivity index is 2.46. The molecule has 0 fully saturated rings. The third kappa shape index (κ3) is 4.48. The van der Waals surface area contributed by atoms with E-state index in [9.17, 15) is 5.11 Å². The monoisotopic (exact) mass is 227 g/mol. The van der Waals surface area contributed by atoms with Crippen molar-refractivity contribution in [3.63, 3.8) is 0 Å². The summed E-state index contributed by atoms with van der Waals surface area (Å²) in [5, 5.41) is 20.8. The predicted octanol–water partition coefficient (Wildman–Crippen LogP) is 1.31. The molecule has 2 N–H and O–H groups in total. The summed E-state index contributed by atoms with van der Waals surface area (Å²) in [6.45, 7) is 4.17. The van der Waals surface area contributed by atoms with E-state index in [1.165, 1.54) is 0 Å². The molecule has 1 aromatic rings. The lowest BCUT2D eigenvalue weighted by Gasteiger charge is -2.22. The molecule has 0 saturated carbocycles. The van der Waals surface area contributed by atoms with Crippen LogP contribution in [0.15, 0.2) is 12.1 Å². The van der Waals surface area contributed by atoms with Gasteiger partial charge in [0.15, 0.2) is 0 Å². The molecule has 0 amide bonds. The second-order valence-corrected chi connectivity index (χ2v) is 4.71. The Morgan fingerprint density at radius 1 is 1.47 bits per heavy atom. The summed E-state index contributed by atoms with van der Waals surface area (Å²) < 4.78 is 0. The van der Waals surface area contributed by atoms with E-state index in [2.05, 4.69) is 15.5 Å². The topological polar surface area (TPSA) is 58.0 Å². The van der Waals surface area contributed by atoms with Gasteiger partial charge in [0.05, 0.1) is 11.3 Å². The molecule has 84 valence electrons. The SMILES string of the molecule is CSCC(C)(O)CNc1ccc(C)nn1. The number of nitrogens with one attached hydrogen (secondary N) is 1. The minimum atomic E-state index is -0.716. The number of aliphatic hydroxyl groups is 1. The molecule has 0 radical (unpaired) electrons. The van der Waals surface area contributed by atoms with E-state index in [4.69, 9.17) is 0 Å². The Morgan fingerprint density at radius 3 is 2.73 bits per heavy atom. The third-order valence-corrected chi connectivity index (χ3v) is 2.81. The van der Waals surface area contributed by atoms with Crippen LogP contribution in [0.4, 0.5) is 5.82 Å². The molecule has 1 heterocycles. The fraction of sp³-hybridized carbons (Fsp3) is 0.600. The van der Waals surface area contributed by atoms with Gasteiger partial charge < -0.3 is 10.4 Å². The summed E-state index contributed by atoms with van der Waals surface area (Å²) >= 11 is 1.62. The van der Waals surface area contributed by atoms with E-state index in [0.29, 0.717) is 18.1 Å². The van der Waals surface area contributed by atoms with Gasteiger partial charge in [0.2, 0.25) is 0 Å². The number of anilines is 1. The maximum atomic E-state index is 9.90. The highest BCUT2D eigenvalue weighted by atomic mass is 32.2. The van der Waals surface area contributed by atoms with Crippen LogP contribution in [0.2, 0.25) is 0 Å². The normalized spacial score (nSPS) is 14.7. The summed E-state index contributed by atoms with van der Waals surface area (Å²) in [7, 11) is 0. The first kappa shape index (κ1) is 12.3. The maximum absolute atomic E-state index is 9.90.